The number of benzene rings is 2. The normalized spacial score (nSPS) is 11.6. The van der Waals surface area contributed by atoms with Crippen molar-refractivity contribution in [2.24, 2.45) is 0 Å². The van der Waals surface area contributed by atoms with Gasteiger partial charge in [0.15, 0.2) is 17.8 Å². The third-order valence-corrected chi connectivity index (χ3v) is 4.73. The minimum Gasteiger partial charge on any atom is -0.481 e. The van der Waals surface area contributed by atoms with Gasteiger partial charge in [-0.05, 0) is 38.0 Å². The van der Waals surface area contributed by atoms with E-state index in [1.807, 2.05) is 62.4 Å². The number of amides is 2. The number of nitrogens with zero attached hydrogens (tertiary/aromatic N) is 1. The minimum absolute atomic E-state index is 0.126. The summed E-state index contributed by atoms with van der Waals surface area (Å²) in [6, 6.07) is 15.3. The summed E-state index contributed by atoms with van der Waals surface area (Å²) < 4.78 is 11.4. The van der Waals surface area contributed by atoms with Crippen LogP contribution >= 0.6 is 0 Å². The van der Waals surface area contributed by atoms with Gasteiger partial charge < -0.3 is 9.15 Å². The zero-order chi connectivity index (χ0) is 21.5. The van der Waals surface area contributed by atoms with Crippen molar-refractivity contribution in [1.82, 2.24) is 15.8 Å². The molecule has 1 aromatic heterocycles. The number of hydrazine groups is 1. The Labute approximate surface area is 175 Å². The van der Waals surface area contributed by atoms with Gasteiger partial charge in [0.2, 0.25) is 5.91 Å². The van der Waals surface area contributed by atoms with E-state index in [0.717, 1.165) is 16.7 Å². The van der Waals surface area contributed by atoms with Gasteiger partial charge in [-0.25, -0.2) is 4.98 Å². The molecule has 2 amide bonds. The summed E-state index contributed by atoms with van der Waals surface area (Å²) in [5.74, 6) is 0.967. The lowest BCUT2D eigenvalue weighted by Gasteiger charge is -2.17. The first-order valence-corrected chi connectivity index (χ1v) is 9.75. The van der Waals surface area contributed by atoms with Gasteiger partial charge in [0.1, 0.15) is 5.75 Å². The van der Waals surface area contributed by atoms with Gasteiger partial charge in [0, 0.05) is 18.4 Å². The highest BCUT2D eigenvalue weighted by Crippen LogP contribution is 2.22. The maximum atomic E-state index is 12.2. The molecule has 0 bridgehead atoms. The number of hydrogen-bond donors (Lipinski definition) is 2. The van der Waals surface area contributed by atoms with Crippen LogP contribution in [-0.2, 0) is 16.0 Å². The molecule has 0 radical (unpaired) electrons. The highest BCUT2D eigenvalue weighted by Gasteiger charge is 2.17. The Hall–Kier alpha value is -3.61. The van der Waals surface area contributed by atoms with E-state index in [1.165, 1.54) is 0 Å². The topological polar surface area (TPSA) is 93.5 Å². The smallest absolute Gasteiger partial charge is 0.279 e. The Morgan fingerprint density at radius 1 is 1.07 bits per heavy atom. The number of oxazole rings is 1. The van der Waals surface area contributed by atoms with Crippen molar-refractivity contribution in [3.63, 3.8) is 0 Å². The maximum Gasteiger partial charge on any atom is 0.279 e. The maximum absolute atomic E-state index is 12.2. The van der Waals surface area contributed by atoms with Crippen molar-refractivity contribution in [3.05, 3.63) is 71.7 Å². The fourth-order valence-corrected chi connectivity index (χ4v) is 2.77. The van der Waals surface area contributed by atoms with Crippen LogP contribution in [0.1, 0.15) is 30.4 Å². The lowest BCUT2D eigenvalue weighted by molar-refractivity contribution is -0.132. The van der Waals surface area contributed by atoms with Crippen LogP contribution in [0, 0.1) is 13.8 Å². The quantitative estimate of drug-likeness (QED) is 0.585. The minimum atomic E-state index is -0.758. The number of hydrogen-bond acceptors (Lipinski definition) is 5. The Kier molecular flexibility index (Phi) is 6.85. The molecule has 1 heterocycles. The van der Waals surface area contributed by atoms with Crippen molar-refractivity contribution >= 4 is 11.8 Å². The summed E-state index contributed by atoms with van der Waals surface area (Å²) >= 11 is 0. The standard InChI is InChI=1S/C23H25N3O4/c1-15-8-7-11-19(16(15)2)29-17(3)23(28)26-25-21(27)12-13-22-24-14-20(30-22)18-9-5-4-6-10-18/h4-11,14,17H,12-13H2,1-3H3,(H,25,27)(H,26,28). The summed E-state index contributed by atoms with van der Waals surface area (Å²) in [5.41, 5.74) is 7.76. The average molecular weight is 407 g/mol. The van der Waals surface area contributed by atoms with Gasteiger partial charge in [-0.1, -0.05) is 42.5 Å². The monoisotopic (exact) mass is 407 g/mol. The van der Waals surface area contributed by atoms with Crippen LogP contribution in [0.15, 0.2) is 59.1 Å². The van der Waals surface area contributed by atoms with E-state index in [2.05, 4.69) is 15.8 Å². The second-order valence-electron chi connectivity index (χ2n) is 6.98. The molecule has 3 rings (SSSR count). The zero-order valence-electron chi connectivity index (χ0n) is 17.3. The summed E-state index contributed by atoms with van der Waals surface area (Å²) in [5, 5.41) is 0. The number of nitrogens with one attached hydrogen (secondary N) is 2. The molecular weight excluding hydrogens is 382 g/mol. The average Bonchev–Trinajstić information content (AvgIpc) is 3.23. The molecule has 0 aliphatic heterocycles. The molecule has 30 heavy (non-hydrogen) atoms. The van der Waals surface area contributed by atoms with Gasteiger partial charge in [0.05, 0.1) is 6.20 Å². The predicted molar refractivity (Wildman–Crippen MR) is 113 cm³/mol. The Bertz CT molecular complexity index is 1010. The number of carbonyl (C=O) groups excluding carboxylic acids is 2. The molecule has 1 atom stereocenters. The summed E-state index contributed by atoms with van der Waals surface area (Å²) in [7, 11) is 0. The van der Waals surface area contributed by atoms with Gasteiger partial charge in [-0.2, -0.15) is 0 Å². The fourth-order valence-electron chi connectivity index (χ4n) is 2.77. The summed E-state index contributed by atoms with van der Waals surface area (Å²) in [6.07, 6.45) is 1.33. The first-order chi connectivity index (χ1) is 14.4. The fraction of sp³-hybridized carbons (Fsp3) is 0.261. The molecular formula is C23H25N3O4. The lowest BCUT2D eigenvalue weighted by atomic mass is 10.1. The number of carbonyl (C=O) groups is 2. The molecule has 2 aromatic carbocycles. The molecule has 2 N–H and O–H groups in total. The molecule has 7 nitrogen and oxygen atoms in total. The highest BCUT2D eigenvalue weighted by molar-refractivity contribution is 5.84. The van der Waals surface area contributed by atoms with E-state index in [1.54, 1.807) is 13.1 Å². The van der Waals surface area contributed by atoms with Crippen LogP contribution in [0.25, 0.3) is 11.3 Å². The van der Waals surface area contributed by atoms with Crippen LogP contribution in [0.3, 0.4) is 0 Å². The van der Waals surface area contributed by atoms with Crippen LogP contribution in [0.4, 0.5) is 0 Å². The molecule has 0 aliphatic carbocycles. The molecule has 0 fully saturated rings. The van der Waals surface area contributed by atoms with Crippen LogP contribution < -0.4 is 15.6 Å². The van der Waals surface area contributed by atoms with Crippen LogP contribution in [0.2, 0.25) is 0 Å². The summed E-state index contributed by atoms with van der Waals surface area (Å²) in [4.78, 5) is 28.4. The van der Waals surface area contributed by atoms with E-state index in [-0.39, 0.29) is 12.3 Å². The number of aromatic nitrogens is 1. The van der Waals surface area contributed by atoms with E-state index >= 15 is 0 Å². The van der Waals surface area contributed by atoms with Gasteiger partial charge >= 0.3 is 0 Å². The number of ether oxygens (including phenoxy) is 1. The van der Waals surface area contributed by atoms with Gasteiger partial charge in [-0.15, -0.1) is 0 Å². The zero-order valence-corrected chi connectivity index (χ0v) is 17.3. The second kappa shape index (κ2) is 9.73. The molecule has 0 aliphatic rings. The van der Waals surface area contributed by atoms with Gasteiger partial charge in [-0.3, -0.25) is 20.4 Å². The molecule has 0 saturated heterocycles. The van der Waals surface area contributed by atoms with E-state index in [4.69, 9.17) is 9.15 Å². The van der Waals surface area contributed by atoms with E-state index < -0.39 is 12.0 Å². The Morgan fingerprint density at radius 2 is 1.83 bits per heavy atom. The second-order valence-corrected chi connectivity index (χ2v) is 6.98. The van der Waals surface area contributed by atoms with Crippen LogP contribution in [-0.4, -0.2) is 22.9 Å². The van der Waals surface area contributed by atoms with Crippen molar-refractivity contribution in [3.8, 4) is 17.1 Å². The predicted octanol–water partition coefficient (Wildman–Crippen LogP) is 3.51. The van der Waals surface area contributed by atoms with E-state index in [9.17, 15) is 9.59 Å². The SMILES string of the molecule is Cc1cccc(OC(C)C(=O)NNC(=O)CCc2ncc(-c3ccccc3)o2)c1C. The van der Waals surface area contributed by atoms with Crippen molar-refractivity contribution < 1.29 is 18.7 Å². The largest absolute Gasteiger partial charge is 0.481 e. The van der Waals surface area contributed by atoms with Crippen molar-refractivity contribution in [2.45, 2.75) is 39.7 Å². The highest BCUT2D eigenvalue weighted by atomic mass is 16.5. The van der Waals surface area contributed by atoms with Crippen molar-refractivity contribution in [2.75, 3.05) is 0 Å². The Balaban J connectivity index is 1.43. The molecule has 0 saturated carbocycles. The molecule has 7 heteroatoms. The number of aryl methyl sites for hydroxylation is 2. The lowest BCUT2D eigenvalue weighted by Crippen LogP contribution is -2.47. The first kappa shape index (κ1) is 21.1. The van der Waals surface area contributed by atoms with Gasteiger partial charge in [0.25, 0.3) is 5.91 Å². The molecule has 0 spiro atoms. The molecule has 156 valence electrons. The molecule has 1 unspecified atom stereocenters. The third-order valence-electron chi connectivity index (χ3n) is 4.73. The third kappa shape index (κ3) is 5.47. The first-order valence-electron chi connectivity index (χ1n) is 9.75. The van der Waals surface area contributed by atoms with E-state index in [0.29, 0.717) is 23.8 Å². The Morgan fingerprint density at radius 3 is 2.60 bits per heavy atom. The van der Waals surface area contributed by atoms with Crippen molar-refractivity contribution in [1.29, 1.82) is 0 Å². The molecule has 3 aromatic rings. The summed E-state index contributed by atoms with van der Waals surface area (Å²) in [6.45, 7) is 5.54. The van der Waals surface area contributed by atoms with Crippen LogP contribution in [0.5, 0.6) is 5.75 Å². The number of rotatable bonds is 7.